The first kappa shape index (κ1) is 13.7. The number of H-pyrrole nitrogens is 1. The number of hydrogen-bond acceptors (Lipinski definition) is 3. The second kappa shape index (κ2) is 5.98. The minimum atomic E-state index is -0.255. The van der Waals surface area contributed by atoms with E-state index in [2.05, 4.69) is 9.97 Å². The first-order valence-electron chi connectivity index (χ1n) is 8.06. The van der Waals surface area contributed by atoms with Crippen molar-refractivity contribution in [1.82, 2.24) is 9.97 Å². The van der Waals surface area contributed by atoms with Crippen molar-refractivity contribution >= 4 is 5.97 Å². The van der Waals surface area contributed by atoms with E-state index in [9.17, 15) is 4.79 Å². The standard InChI is InChI=1S/C16H24N2O2/c1-2-20-16(19)14-13(11-7-3-4-8-11)17-15(18-14)12-9-5-6-10-12/h11-12H,2-10H2,1H3,(H,17,18). The van der Waals surface area contributed by atoms with Crippen LogP contribution in [0.15, 0.2) is 0 Å². The van der Waals surface area contributed by atoms with Crippen LogP contribution < -0.4 is 0 Å². The van der Waals surface area contributed by atoms with Gasteiger partial charge in [0, 0.05) is 11.8 Å². The molecule has 110 valence electrons. The molecular weight excluding hydrogens is 252 g/mol. The monoisotopic (exact) mass is 276 g/mol. The molecule has 1 aromatic heterocycles. The van der Waals surface area contributed by atoms with Crippen LogP contribution in [0.5, 0.6) is 0 Å². The van der Waals surface area contributed by atoms with Crippen LogP contribution in [-0.4, -0.2) is 22.5 Å². The van der Waals surface area contributed by atoms with Gasteiger partial charge in [0.15, 0.2) is 5.69 Å². The van der Waals surface area contributed by atoms with Crippen molar-refractivity contribution in [2.75, 3.05) is 6.61 Å². The zero-order chi connectivity index (χ0) is 13.9. The third-order valence-electron chi connectivity index (χ3n) is 4.72. The Bertz CT molecular complexity index is 469. The SMILES string of the molecule is CCOC(=O)c1nc(C2CCCC2)[nH]c1C1CCCC1. The first-order valence-corrected chi connectivity index (χ1v) is 8.06. The van der Waals surface area contributed by atoms with Crippen LogP contribution in [-0.2, 0) is 4.74 Å². The number of hydrogen-bond donors (Lipinski definition) is 1. The number of esters is 1. The summed E-state index contributed by atoms with van der Waals surface area (Å²) in [5.41, 5.74) is 1.60. The molecular formula is C16H24N2O2. The van der Waals surface area contributed by atoms with Gasteiger partial charge in [-0.05, 0) is 32.6 Å². The molecule has 1 aromatic rings. The number of carbonyl (C=O) groups excluding carboxylic acids is 1. The molecule has 2 fully saturated rings. The lowest BCUT2D eigenvalue weighted by Crippen LogP contribution is -2.10. The topological polar surface area (TPSA) is 55.0 Å². The molecule has 20 heavy (non-hydrogen) atoms. The molecule has 0 unspecified atom stereocenters. The molecule has 0 bridgehead atoms. The Morgan fingerprint density at radius 1 is 1.15 bits per heavy atom. The Hall–Kier alpha value is -1.32. The summed E-state index contributed by atoms with van der Waals surface area (Å²) in [5.74, 6) is 1.75. The molecule has 0 radical (unpaired) electrons. The molecule has 0 saturated heterocycles. The molecule has 3 rings (SSSR count). The van der Waals surface area contributed by atoms with Gasteiger partial charge in [0.25, 0.3) is 0 Å². The van der Waals surface area contributed by atoms with Crippen molar-refractivity contribution in [2.24, 2.45) is 0 Å². The van der Waals surface area contributed by atoms with Crippen LogP contribution in [0.1, 0.15) is 92.1 Å². The fourth-order valence-electron chi connectivity index (χ4n) is 3.66. The smallest absolute Gasteiger partial charge is 0.358 e. The maximum Gasteiger partial charge on any atom is 0.358 e. The molecule has 0 spiro atoms. The highest BCUT2D eigenvalue weighted by atomic mass is 16.5. The number of carbonyl (C=O) groups is 1. The van der Waals surface area contributed by atoms with Gasteiger partial charge in [-0.25, -0.2) is 9.78 Å². The van der Waals surface area contributed by atoms with Gasteiger partial charge in [0.1, 0.15) is 5.82 Å². The lowest BCUT2D eigenvalue weighted by molar-refractivity contribution is 0.0518. The number of aromatic amines is 1. The summed E-state index contributed by atoms with van der Waals surface area (Å²) in [7, 11) is 0. The van der Waals surface area contributed by atoms with Gasteiger partial charge < -0.3 is 9.72 Å². The maximum atomic E-state index is 12.1. The van der Waals surface area contributed by atoms with E-state index in [0.29, 0.717) is 24.1 Å². The summed E-state index contributed by atoms with van der Waals surface area (Å²) >= 11 is 0. The highest BCUT2D eigenvalue weighted by Gasteiger charge is 2.30. The second-order valence-electron chi connectivity index (χ2n) is 6.07. The molecule has 0 amide bonds. The van der Waals surface area contributed by atoms with E-state index < -0.39 is 0 Å². The minimum absolute atomic E-state index is 0.255. The quantitative estimate of drug-likeness (QED) is 0.848. The lowest BCUT2D eigenvalue weighted by atomic mass is 10.0. The fraction of sp³-hybridized carbons (Fsp3) is 0.750. The summed E-state index contributed by atoms with van der Waals surface area (Å²) in [6, 6.07) is 0. The lowest BCUT2D eigenvalue weighted by Gasteiger charge is -2.09. The van der Waals surface area contributed by atoms with Crippen molar-refractivity contribution < 1.29 is 9.53 Å². The van der Waals surface area contributed by atoms with Gasteiger partial charge in [-0.2, -0.15) is 0 Å². The number of rotatable bonds is 4. The third kappa shape index (κ3) is 2.60. The van der Waals surface area contributed by atoms with Crippen LogP contribution in [0, 0.1) is 0 Å². The number of nitrogens with zero attached hydrogens (tertiary/aromatic N) is 1. The predicted octanol–water partition coefficient (Wildman–Crippen LogP) is 3.90. The van der Waals surface area contributed by atoms with Crippen LogP contribution in [0.4, 0.5) is 0 Å². The Balaban J connectivity index is 1.89. The summed E-state index contributed by atoms with van der Waals surface area (Å²) in [6.45, 7) is 2.26. The Morgan fingerprint density at radius 2 is 1.75 bits per heavy atom. The highest BCUT2D eigenvalue weighted by Crippen LogP contribution is 2.38. The van der Waals surface area contributed by atoms with Crippen molar-refractivity contribution in [3.05, 3.63) is 17.2 Å². The molecule has 4 heteroatoms. The molecule has 1 N–H and O–H groups in total. The average molecular weight is 276 g/mol. The van der Waals surface area contributed by atoms with Crippen LogP contribution in [0.25, 0.3) is 0 Å². The molecule has 0 atom stereocenters. The summed E-state index contributed by atoms with van der Waals surface area (Å²) in [5, 5.41) is 0. The summed E-state index contributed by atoms with van der Waals surface area (Å²) in [4.78, 5) is 20.3. The van der Waals surface area contributed by atoms with E-state index in [1.54, 1.807) is 0 Å². The van der Waals surface area contributed by atoms with E-state index in [0.717, 1.165) is 11.5 Å². The normalized spacial score (nSPS) is 20.6. The molecule has 2 saturated carbocycles. The number of ether oxygens (including phenoxy) is 1. The van der Waals surface area contributed by atoms with Crippen molar-refractivity contribution in [3.8, 4) is 0 Å². The van der Waals surface area contributed by atoms with Crippen LogP contribution >= 0.6 is 0 Å². The molecule has 0 aliphatic heterocycles. The van der Waals surface area contributed by atoms with Crippen molar-refractivity contribution in [1.29, 1.82) is 0 Å². The molecule has 2 aliphatic carbocycles. The van der Waals surface area contributed by atoms with Gasteiger partial charge in [-0.3, -0.25) is 0 Å². The summed E-state index contributed by atoms with van der Waals surface area (Å²) < 4.78 is 5.18. The van der Waals surface area contributed by atoms with E-state index in [1.165, 1.54) is 51.4 Å². The first-order chi connectivity index (χ1) is 9.79. The fourth-order valence-corrected chi connectivity index (χ4v) is 3.66. The molecule has 0 aromatic carbocycles. The molecule has 1 heterocycles. The number of nitrogens with one attached hydrogen (secondary N) is 1. The van der Waals surface area contributed by atoms with Gasteiger partial charge in [0.2, 0.25) is 0 Å². The van der Waals surface area contributed by atoms with Gasteiger partial charge in [-0.15, -0.1) is 0 Å². The third-order valence-corrected chi connectivity index (χ3v) is 4.72. The van der Waals surface area contributed by atoms with Crippen LogP contribution in [0.3, 0.4) is 0 Å². The molecule has 4 nitrogen and oxygen atoms in total. The predicted molar refractivity (Wildman–Crippen MR) is 77.0 cm³/mol. The van der Waals surface area contributed by atoms with Gasteiger partial charge in [-0.1, -0.05) is 25.7 Å². The van der Waals surface area contributed by atoms with Gasteiger partial charge >= 0.3 is 5.97 Å². The Labute approximate surface area is 120 Å². The van der Waals surface area contributed by atoms with Crippen molar-refractivity contribution in [2.45, 2.75) is 70.1 Å². The van der Waals surface area contributed by atoms with E-state index in [4.69, 9.17) is 4.74 Å². The van der Waals surface area contributed by atoms with Crippen molar-refractivity contribution in [3.63, 3.8) is 0 Å². The number of imidazole rings is 1. The highest BCUT2D eigenvalue weighted by molar-refractivity contribution is 5.88. The summed E-state index contributed by atoms with van der Waals surface area (Å²) in [6.07, 6.45) is 9.78. The minimum Gasteiger partial charge on any atom is -0.461 e. The van der Waals surface area contributed by atoms with E-state index in [1.807, 2.05) is 6.92 Å². The molecule has 2 aliphatic rings. The van der Waals surface area contributed by atoms with E-state index >= 15 is 0 Å². The Morgan fingerprint density at radius 3 is 2.35 bits per heavy atom. The maximum absolute atomic E-state index is 12.1. The second-order valence-corrected chi connectivity index (χ2v) is 6.07. The number of aromatic nitrogens is 2. The average Bonchev–Trinajstić information content (AvgIpc) is 3.19. The van der Waals surface area contributed by atoms with Crippen LogP contribution in [0.2, 0.25) is 0 Å². The zero-order valence-corrected chi connectivity index (χ0v) is 12.3. The Kier molecular flexibility index (Phi) is 4.08. The zero-order valence-electron chi connectivity index (χ0n) is 12.3. The largest absolute Gasteiger partial charge is 0.461 e. The van der Waals surface area contributed by atoms with Gasteiger partial charge in [0.05, 0.1) is 12.3 Å². The van der Waals surface area contributed by atoms with E-state index in [-0.39, 0.29) is 5.97 Å².